The van der Waals surface area contributed by atoms with E-state index in [4.69, 9.17) is 9.47 Å². The van der Waals surface area contributed by atoms with Gasteiger partial charge in [0.1, 0.15) is 5.75 Å². The van der Waals surface area contributed by atoms with Crippen molar-refractivity contribution in [2.45, 2.75) is 38.6 Å². The fourth-order valence-electron chi connectivity index (χ4n) is 3.34. The Morgan fingerprint density at radius 1 is 1.26 bits per heavy atom. The van der Waals surface area contributed by atoms with E-state index in [-0.39, 0.29) is 11.9 Å². The van der Waals surface area contributed by atoms with E-state index in [1.54, 1.807) is 6.20 Å². The van der Waals surface area contributed by atoms with Crippen LogP contribution in [-0.4, -0.2) is 30.7 Å². The summed E-state index contributed by atoms with van der Waals surface area (Å²) >= 11 is 0. The van der Waals surface area contributed by atoms with Crippen LogP contribution in [0.4, 0.5) is 0 Å². The van der Waals surface area contributed by atoms with E-state index in [2.05, 4.69) is 17.2 Å². The van der Waals surface area contributed by atoms with E-state index in [9.17, 15) is 4.79 Å². The van der Waals surface area contributed by atoms with Crippen LogP contribution in [0.5, 0.6) is 5.75 Å². The van der Waals surface area contributed by atoms with Crippen molar-refractivity contribution >= 4 is 5.91 Å². The monoisotopic (exact) mass is 368 g/mol. The topological polar surface area (TPSA) is 60.5 Å². The molecule has 1 aromatic carbocycles. The molecule has 1 aliphatic rings. The highest BCUT2D eigenvalue weighted by Gasteiger charge is 2.27. The molecule has 3 rings (SSSR count). The first-order valence-corrected chi connectivity index (χ1v) is 9.79. The Kier molecular flexibility index (Phi) is 7.22. The first kappa shape index (κ1) is 19.4. The second-order valence-electron chi connectivity index (χ2n) is 6.91. The summed E-state index contributed by atoms with van der Waals surface area (Å²) in [5.41, 5.74) is 1.68. The van der Waals surface area contributed by atoms with Crippen LogP contribution in [0.2, 0.25) is 0 Å². The number of aromatic nitrogens is 1. The van der Waals surface area contributed by atoms with E-state index < -0.39 is 0 Å². The quantitative estimate of drug-likeness (QED) is 0.711. The lowest BCUT2D eigenvalue weighted by molar-refractivity contribution is 0.0513. The number of unbranched alkanes of at least 4 members (excludes halogenated alkanes) is 1. The van der Waals surface area contributed by atoms with Gasteiger partial charge in [-0.25, -0.2) is 0 Å². The number of rotatable bonds is 8. The van der Waals surface area contributed by atoms with Crippen molar-refractivity contribution in [1.82, 2.24) is 10.3 Å². The van der Waals surface area contributed by atoms with E-state index >= 15 is 0 Å². The van der Waals surface area contributed by atoms with Crippen molar-refractivity contribution in [2.24, 2.45) is 5.92 Å². The van der Waals surface area contributed by atoms with E-state index in [1.165, 1.54) is 0 Å². The molecule has 0 spiro atoms. The van der Waals surface area contributed by atoms with Gasteiger partial charge in [0.15, 0.2) is 0 Å². The molecule has 5 nitrogen and oxygen atoms in total. The van der Waals surface area contributed by atoms with Crippen LogP contribution < -0.4 is 10.1 Å². The Bertz CT molecular complexity index is 697. The Balaban J connectivity index is 1.68. The Labute approximate surface area is 161 Å². The lowest BCUT2D eigenvalue weighted by Crippen LogP contribution is -2.36. The lowest BCUT2D eigenvalue weighted by atomic mass is 9.87. The molecule has 1 saturated heterocycles. The number of carbonyl (C=O) groups excluding carboxylic acids is 1. The number of amides is 1. The number of pyridine rings is 1. The zero-order chi connectivity index (χ0) is 18.9. The molecule has 1 N–H and O–H groups in total. The van der Waals surface area contributed by atoms with E-state index in [1.807, 2.05) is 42.6 Å². The highest BCUT2D eigenvalue weighted by Crippen LogP contribution is 2.30. The second-order valence-corrected chi connectivity index (χ2v) is 6.91. The number of nitrogens with zero attached hydrogens (tertiary/aromatic N) is 1. The molecule has 1 aromatic heterocycles. The fraction of sp³-hybridized carbons (Fsp3) is 0.455. The maximum Gasteiger partial charge on any atom is 0.251 e. The summed E-state index contributed by atoms with van der Waals surface area (Å²) in [7, 11) is 0. The maximum atomic E-state index is 12.8. The first-order valence-electron chi connectivity index (χ1n) is 9.79. The van der Waals surface area contributed by atoms with Gasteiger partial charge in [-0.1, -0.05) is 19.4 Å². The zero-order valence-corrected chi connectivity index (χ0v) is 15.9. The second kappa shape index (κ2) is 10.1. The minimum atomic E-state index is -0.0737. The van der Waals surface area contributed by atoms with Crippen LogP contribution in [-0.2, 0) is 4.74 Å². The van der Waals surface area contributed by atoms with Gasteiger partial charge in [0.05, 0.1) is 12.6 Å². The first-order chi connectivity index (χ1) is 13.3. The minimum Gasteiger partial charge on any atom is -0.494 e. The highest BCUT2D eigenvalue weighted by atomic mass is 16.5. The lowest BCUT2D eigenvalue weighted by Gasteiger charge is -2.31. The van der Waals surface area contributed by atoms with Crippen molar-refractivity contribution in [1.29, 1.82) is 0 Å². The normalized spacial score (nSPS) is 15.9. The summed E-state index contributed by atoms with van der Waals surface area (Å²) in [5.74, 6) is 1.08. The molecule has 1 amide bonds. The fourth-order valence-corrected chi connectivity index (χ4v) is 3.34. The molecule has 0 radical (unpaired) electrons. The summed E-state index contributed by atoms with van der Waals surface area (Å²) in [6.45, 7) is 4.31. The van der Waals surface area contributed by atoms with Gasteiger partial charge >= 0.3 is 0 Å². The Morgan fingerprint density at radius 3 is 2.70 bits per heavy atom. The molecule has 0 saturated carbocycles. The molecule has 144 valence electrons. The number of hydrogen-bond acceptors (Lipinski definition) is 4. The third-order valence-electron chi connectivity index (χ3n) is 4.95. The predicted octanol–water partition coefficient (Wildman–Crippen LogP) is 4.16. The number of nitrogens with one attached hydrogen (secondary N) is 1. The zero-order valence-electron chi connectivity index (χ0n) is 15.9. The van der Waals surface area contributed by atoms with Gasteiger partial charge in [-0.3, -0.25) is 9.78 Å². The third kappa shape index (κ3) is 5.54. The van der Waals surface area contributed by atoms with E-state index in [0.29, 0.717) is 18.1 Å². The molecule has 2 heterocycles. The smallest absolute Gasteiger partial charge is 0.251 e. The van der Waals surface area contributed by atoms with E-state index in [0.717, 1.165) is 50.2 Å². The molecule has 0 bridgehead atoms. The van der Waals surface area contributed by atoms with Gasteiger partial charge in [0.25, 0.3) is 5.91 Å². The summed E-state index contributed by atoms with van der Waals surface area (Å²) < 4.78 is 11.2. The predicted molar refractivity (Wildman–Crippen MR) is 105 cm³/mol. The SMILES string of the molecule is CCCCOc1ccc(C(=O)NC(c2cccnc2)C2CCOCC2)cc1. The van der Waals surface area contributed by atoms with Crippen molar-refractivity contribution in [2.75, 3.05) is 19.8 Å². The highest BCUT2D eigenvalue weighted by molar-refractivity contribution is 5.94. The number of benzene rings is 1. The third-order valence-corrected chi connectivity index (χ3v) is 4.95. The average molecular weight is 368 g/mol. The average Bonchev–Trinajstić information content (AvgIpc) is 2.74. The minimum absolute atomic E-state index is 0.0596. The summed E-state index contributed by atoms with van der Waals surface area (Å²) in [4.78, 5) is 17.1. The summed E-state index contributed by atoms with van der Waals surface area (Å²) in [5, 5.41) is 3.22. The molecule has 5 heteroatoms. The van der Waals surface area contributed by atoms with Crippen molar-refractivity contribution in [3.05, 3.63) is 59.9 Å². The van der Waals surface area contributed by atoms with Crippen molar-refractivity contribution in [3.8, 4) is 5.75 Å². The van der Waals surface area contributed by atoms with Gasteiger partial charge in [0.2, 0.25) is 0 Å². The molecule has 1 unspecified atom stereocenters. The van der Waals surface area contributed by atoms with Gasteiger partial charge in [-0.15, -0.1) is 0 Å². The largest absolute Gasteiger partial charge is 0.494 e. The van der Waals surface area contributed by atoms with Crippen LogP contribution in [0, 0.1) is 5.92 Å². The molecule has 1 atom stereocenters. The number of carbonyl (C=O) groups is 1. The van der Waals surface area contributed by atoms with Crippen molar-refractivity contribution < 1.29 is 14.3 Å². The molecular formula is C22H28N2O3. The summed E-state index contributed by atoms with van der Waals surface area (Å²) in [6, 6.07) is 11.2. The van der Waals surface area contributed by atoms with Crippen LogP contribution in [0.1, 0.15) is 54.6 Å². The van der Waals surface area contributed by atoms with Gasteiger partial charge in [0, 0.05) is 31.2 Å². The summed E-state index contributed by atoms with van der Waals surface area (Å²) in [6.07, 6.45) is 7.59. The van der Waals surface area contributed by atoms with Crippen molar-refractivity contribution in [3.63, 3.8) is 0 Å². The standard InChI is InChI=1S/C22H28N2O3/c1-2-3-13-27-20-8-6-18(7-9-20)22(25)24-21(17-10-14-26-15-11-17)19-5-4-12-23-16-19/h4-9,12,16-17,21H,2-3,10-11,13-15H2,1H3,(H,24,25). The molecule has 27 heavy (non-hydrogen) atoms. The maximum absolute atomic E-state index is 12.8. The number of hydrogen-bond donors (Lipinski definition) is 1. The van der Waals surface area contributed by atoms with Crippen LogP contribution in [0.15, 0.2) is 48.8 Å². The van der Waals surface area contributed by atoms with Gasteiger partial charge in [-0.05, 0) is 61.1 Å². The molecular weight excluding hydrogens is 340 g/mol. The van der Waals surface area contributed by atoms with Gasteiger partial charge in [-0.2, -0.15) is 0 Å². The van der Waals surface area contributed by atoms with Gasteiger partial charge < -0.3 is 14.8 Å². The Hall–Kier alpha value is -2.40. The van der Waals surface area contributed by atoms with Crippen LogP contribution in [0.3, 0.4) is 0 Å². The number of ether oxygens (including phenoxy) is 2. The molecule has 2 aromatic rings. The Morgan fingerprint density at radius 2 is 2.04 bits per heavy atom. The molecule has 0 aliphatic carbocycles. The van der Waals surface area contributed by atoms with Crippen LogP contribution in [0.25, 0.3) is 0 Å². The molecule has 1 fully saturated rings. The molecule has 1 aliphatic heterocycles. The van der Waals surface area contributed by atoms with Crippen LogP contribution >= 0.6 is 0 Å².